The van der Waals surface area contributed by atoms with E-state index in [0.29, 0.717) is 157 Å². The van der Waals surface area contributed by atoms with E-state index in [1.165, 1.54) is 0 Å². The van der Waals surface area contributed by atoms with Crippen molar-refractivity contribution in [2.24, 2.45) is 0 Å². The van der Waals surface area contributed by atoms with Gasteiger partial charge in [0, 0.05) is 286 Å². The van der Waals surface area contributed by atoms with Crippen molar-refractivity contribution in [1.82, 2.24) is 49.8 Å². The molecule has 2 amide bonds. The highest BCUT2D eigenvalue weighted by Gasteiger charge is 2.45. The second-order valence-corrected chi connectivity index (χ2v) is 27.2. The van der Waals surface area contributed by atoms with E-state index in [-0.39, 0.29) is 201 Å². The molecule has 636 valence electrons. The van der Waals surface area contributed by atoms with Crippen LogP contribution >= 0.6 is 0 Å². The Morgan fingerprint density at radius 1 is 0.231 bits per heavy atom. The maximum atomic E-state index is 16.4. The molecule has 0 spiro atoms. The first-order valence-corrected chi connectivity index (χ1v) is 40.4. The summed E-state index contributed by atoms with van der Waals surface area (Å²) in [6, 6.07) is 34.3. The van der Waals surface area contributed by atoms with Gasteiger partial charge < -0.3 is 82.8 Å². The molecule has 0 heterocycles. The lowest BCUT2D eigenvalue weighted by Gasteiger charge is -2.38. The number of carbonyl (C=O) groups is 2. The van der Waals surface area contributed by atoms with Crippen molar-refractivity contribution in [2.45, 2.75) is 171 Å². The normalized spacial score (nSPS) is 11.6. The number of rotatable bonds is 80. The van der Waals surface area contributed by atoms with E-state index in [2.05, 4.69) is 108 Å². The highest BCUT2D eigenvalue weighted by molar-refractivity contribution is 5.91. The standard InChI is InChI=1S/C81H122N26O10/c82-24-1-40-100(41-2-25-83)55-16-64-110-72-80(116-70-22-61-105(50-11-34-92)51-12-35-93,73-111-65-17-56-101(42-3-26-84)43-4-27-85)98-78(108)76(114-68-20-59-104(48-9-32-90)49-10-33-91)77(115-69-21-60-107(63-39-97)54-15-38-96)79(109)99-81(117-71-23-62-106(52-13-36-94)53-14-37-95,74-112-66-18-57-102(44-5-28-86)45-6-29-87)75-113-67-19-58-103(46-7-30-88)47-8-31-89/h76-77H,1-23,40-75H2,(H,98,108)(H,99,109). The number of carbonyl (C=O) groups excluding carboxylic acids is 2. The summed E-state index contributed by atoms with van der Waals surface area (Å²) in [4.78, 5) is 48.1. The molecule has 0 aliphatic rings. The predicted molar refractivity (Wildman–Crippen MR) is 424 cm³/mol. The van der Waals surface area contributed by atoms with E-state index in [4.69, 9.17) is 37.9 Å². The molecule has 0 aromatic heterocycles. The summed E-state index contributed by atoms with van der Waals surface area (Å²) in [6.07, 6.45) is 1.13. The predicted octanol–water partition coefficient (Wildman–Crippen LogP) is 5.25. The summed E-state index contributed by atoms with van der Waals surface area (Å²) in [5, 5.41) is 159. The Morgan fingerprint density at radius 3 is 0.590 bits per heavy atom. The number of hydrogen-bond donors (Lipinski definition) is 2. The molecule has 2 atom stereocenters. The van der Waals surface area contributed by atoms with Gasteiger partial charge in [-0.3, -0.25) is 14.5 Å². The Bertz CT molecular complexity index is 3150. The number of ether oxygens (including phenoxy) is 8. The third-order valence-electron chi connectivity index (χ3n) is 18.1. The Morgan fingerprint density at radius 2 is 0.402 bits per heavy atom. The first kappa shape index (κ1) is 107. The zero-order valence-electron chi connectivity index (χ0n) is 68.7. The van der Waals surface area contributed by atoms with Gasteiger partial charge in [-0.2, -0.15) is 84.2 Å². The van der Waals surface area contributed by atoms with Gasteiger partial charge in [-0.05, 0) is 51.4 Å². The average Bonchev–Trinajstić information content (AvgIpc) is 0.806. The van der Waals surface area contributed by atoms with Crippen molar-refractivity contribution in [2.75, 3.05) is 236 Å². The first-order chi connectivity index (χ1) is 57.2. The van der Waals surface area contributed by atoms with Crippen LogP contribution in [0.2, 0.25) is 0 Å². The minimum Gasteiger partial charge on any atom is -0.376 e. The van der Waals surface area contributed by atoms with Gasteiger partial charge in [0.2, 0.25) is 0 Å². The van der Waals surface area contributed by atoms with Crippen LogP contribution in [0.5, 0.6) is 0 Å². The zero-order valence-corrected chi connectivity index (χ0v) is 68.7. The maximum absolute atomic E-state index is 16.4. The molecule has 0 rings (SSSR count). The van der Waals surface area contributed by atoms with Crippen molar-refractivity contribution >= 4 is 11.8 Å². The lowest BCUT2D eigenvalue weighted by Crippen LogP contribution is -2.65. The third-order valence-corrected chi connectivity index (χ3v) is 18.1. The van der Waals surface area contributed by atoms with E-state index in [1.54, 1.807) is 4.90 Å². The Kier molecular flexibility index (Phi) is 70.9. The van der Waals surface area contributed by atoms with Gasteiger partial charge in [-0.15, -0.1) is 0 Å². The summed E-state index contributed by atoms with van der Waals surface area (Å²) in [6.45, 7) is 5.80. The molecule has 0 radical (unpaired) electrons. The van der Waals surface area contributed by atoms with E-state index in [0.717, 1.165) is 0 Å². The fourth-order valence-corrected chi connectivity index (χ4v) is 12.1. The topological polar surface area (TPSA) is 539 Å². The van der Waals surface area contributed by atoms with Gasteiger partial charge in [0.1, 0.15) is 0 Å². The summed E-state index contributed by atoms with van der Waals surface area (Å²) < 4.78 is 53.3. The van der Waals surface area contributed by atoms with Crippen LogP contribution in [0.1, 0.15) is 148 Å². The van der Waals surface area contributed by atoms with Crippen molar-refractivity contribution in [3.63, 3.8) is 0 Å². The molecule has 2 N–H and O–H groups in total. The Hall–Kier alpha value is -9.86. The molecule has 0 fully saturated rings. The molecule has 117 heavy (non-hydrogen) atoms. The van der Waals surface area contributed by atoms with Crippen LogP contribution in [0.4, 0.5) is 0 Å². The molecular weight excluding hydrogens is 1500 g/mol. The molecule has 0 saturated carbocycles. The first-order valence-electron chi connectivity index (χ1n) is 40.4. The second-order valence-electron chi connectivity index (χ2n) is 27.2. The number of hydrogen-bond acceptors (Lipinski definition) is 34. The number of nitrogens with one attached hydrogen (secondary N) is 2. The van der Waals surface area contributed by atoms with Gasteiger partial charge in [0.15, 0.2) is 23.7 Å². The smallest absolute Gasteiger partial charge is 0.254 e. The van der Waals surface area contributed by atoms with Crippen LogP contribution in [0, 0.1) is 181 Å². The van der Waals surface area contributed by atoms with Crippen LogP contribution in [0.3, 0.4) is 0 Å². The van der Waals surface area contributed by atoms with Gasteiger partial charge in [0.05, 0.1) is 143 Å². The molecule has 0 aromatic rings. The molecule has 0 aromatic carbocycles. The summed E-state index contributed by atoms with van der Waals surface area (Å²) in [5.74, 6) is -1.98. The van der Waals surface area contributed by atoms with Gasteiger partial charge >= 0.3 is 0 Å². The van der Waals surface area contributed by atoms with Crippen molar-refractivity contribution in [3.05, 3.63) is 0 Å². The fourth-order valence-electron chi connectivity index (χ4n) is 12.1. The Balaban J connectivity index is 9.28. The molecule has 0 bridgehead atoms. The number of amides is 2. The maximum Gasteiger partial charge on any atom is 0.254 e. The largest absolute Gasteiger partial charge is 0.376 e. The third kappa shape index (κ3) is 57.8. The zero-order chi connectivity index (χ0) is 86.0. The van der Waals surface area contributed by atoms with E-state index < -0.39 is 61.9 Å². The van der Waals surface area contributed by atoms with Crippen molar-refractivity contribution in [3.8, 4) is 97.1 Å². The molecule has 0 aliphatic carbocycles. The molecule has 2 unspecified atom stereocenters. The SMILES string of the molecule is N#CCCN(CC#N)CCCOC(C(=O)NC(COCCCN(CCC#N)CCC#N)(COCCCN(CCC#N)CCC#N)OCCCN(CCC#N)CCC#N)C(OCCCN(CCC#N)CCC#N)C(=O)NC(COCCCN(CCC#N)CCC#N)(COCCCN(CCC#N)CCC#N)OCCCN(CCC#N)CCC#N. The Labute approximate surface area is 695 Å². The van der Waals surface area contributed by atoms with E-state index in [1.807, 2.05) is 34.3 Å². The van der Waals surface area contributed by atoms with E-state index >= 15 is 9.59 Å². The monoisotopic (exact) mass is 1620 g/mol. The quantitative estimate of drug-likeness (QED) is 0.0446. The van der Waals surface area contributed by atoms with Crippen LogP contribution in [0.15, 0.2) is 0 Å². The summed E-state index contributed by atoms with van der Waals surface area (Å²) in [5.41, 5.74) is -3.92. The lowest BCUT2D eigenvalue weighted by molar-refractivity contribution is -0.186. The van der Waals surface area contributed by atoms with Crippen LogP contribution in [0.25, 0.3) is 0 Å². The highest BCUT2D eigenvalue weighted by atomic mass is 16.6. The number of nitriles is 16. The van der Waals surface area contributed by atoms with Crippen LogP contribution in [-0.4, -0.2) is 311 Å². The van der Waals surface area contributed by atoms with Crippen molar-refractivity contribution in [1.29, 1.82) is 84.2 Å². The summed E-state index contributed by atoms with van der Waals surface area (Å²) in [7, 11) is 0. The second kappa shape index (κ2) is 77.4. The summed E-state index contributed by atoms with van der Waals surface area (Å²) >= 11 is 0. The van der Waals surface area contributed by atoms with Crippen molar-refractivity contribution < 1.29 is 47.5 Å². The molecule has 36 heteroatoms. The molecule has 0 aliphatic heterocycles. The highest BCUT2D eigenvalue weighted by Crippen LogP contribution is 2.20. The lowest BCUT2D eigenvalue weighted by atomic mass is 10.1. The minimum absolute atomic E-state index is 0.0452. The average molecular weight is 1620 g/mol. The molecular formula is C81H122N26O10. The minimum atomic E-state index is -1.96. The van der Waals surface area contributed by atoms with Gasteiger partial charge in [-0.25, -0.2) is 0 Å². The van der Waals surface area contributed by atoms with Gasteiger partial charge in [-0.1, -0.05) is 0 Å². The fraction of sp³-hybridized carbons (Fsp3) is 0.778. The molecule has 0 saturated heterocycles. The van der Waals surface area contributed by atoms with Crippen LogP contribution < -0.4 is 10.6 Å². The van der Waals surface area contributed by atoms with E-state index in [9.17, 15) is 84.2 Å². The van der Waals surface area contributed by atoms with Gasteiger partial charge in [0.25, 0.3) is 11.8 Å². The van der Waals surface area contributed by atoms with Crippen LogP contribution in [-0.2, 0) is 47.5 Å². The molecule has 36 nitrogen and oxygen atoms in total. The number of nitrogens with zero attached hydrogens (tertiary/aromatic N) is 24.